The number of carbonyl (C=O) groups is 2. The van der Waals surface area contributed by atoms with Crippen LogP contribution in [0.4, 0.5) is 0 Å². The molecule has 2 heterocycles. The lowest BCUT2D eigenvalue weighted by Gasteiger charge is -2.45. The molecule has 0 aliphatic carbocycles. The molecule has 0 unspecified atom stereocenters. The van der Waals surface area contributed by atoms with Crippen LogP contribution < -0.4 is 10.6 Å². The first kappa shape index (κ1) is 19.8. The highest BCUT2D eigenvalue weighted by Crippen LogP contribution is 2.30. The van der Waals surface area contributed by atoms with Gasteiger partial charge in [-0.05, 0) is 38.8 Å². The zero-order valence-corrected chi connectivity index (χ0v) is 16.5. The van der Waals surface area contributed by atoms with Crippen molar-refractivity contribution in [2.75, 3.05) is 39.8 Å². The third-order valence-electron chi connectivity index (χ3n) is 6.12. The molecule has 2 aliphatic rings. The number of likely N-dealkylation sites (N-methyl/N-ethyl adjacent to an activating group) is 1. The fraction of sp³-hybridized carbons (Fsp3) is 0.619. The van der Waals surface area contributed by atoms with Gasteiger partial charge in [-0.2, -0.15) is 0 Å². The normalized spacial score (nSPS) is 22.1. The summed E-state index contributed by atoms with van der Waals surface area (Å²) in [7, 11) is 2.07. The number of hydrogen-bond acceptors (Lipinski definition) is 4. The van der Waals surface area contributed by atoms with Crippen molar-refractivity contribution in [3.05, 3.63) is 35.9 Å². The van der Waals surface area contributed by atoms with E-state index < -0.39 is 0 Å². The van der Waals surface area contributed by atoms with Crippen molar-refractivity contribution in [1.82, 2.24) is 20.4 Å². The summed E-state index contributed by atoms with van der Waals surface area (Å²) in [6.45, 7) is 6.21. The van der Waals surface area contributed by atoms with Crippen LogP contribution in [-0.4, -0.2) is 66.9 Å². The molecule has 2 fully saturated rings. The van der Waals surface area contributed by atoms with E-state index in [9.17, 15) is 9.59 Å². The monoisotopic (exact) mass is 372 g/mol. The standard InChI is InChI=1S/C21H32N4O2/c1-17(18-7-4-3-5-8-18)23-19(26)9-14-25-15-10-21(11-16-25)20(27)22-12-6-13-24(21)2/h3-5,7-8,17H,6,9-16H2,1-2H3,(H,22,27)(H,23,26)/t17-/m1/s1. The van der Waals surface area contributed by atoms with Crippen molar-refractivity contribution in [3.8, 4) is 0 Å². The van der Waals surface area contributed by atoms with Crippen molar-refractivity contribution in [2.45, 2.75) is 44.2 Å². The van der Waals surface area contributed by atoms with Crippen molar-refractivity contribution in [3.63, 3.8) is 0 Å². The molecule has 1 aromatic carbocycles. The molecular formula is C21H32N4O2. The summed E-state index contributed by atoms with van der Waals surface area (Å²) < 4.78 is 0. The predicted molar refractivity (Wildman–Crippen MR) is 106 cm³/mol. The molecule has 0 saturated carbocycles. The SMILES string of the molecule is C[C@@H](NC(=O)CCN1CCC2(CC1)C(=O)NCCCN2C)c1ccccc1. The Labute approximate surface area is 162 Å². The summed E-state index contributed by atoms with van der Waals surface area (Å²) in [6, 6.07) is 10.0. The van der Waals surface area contributed by atoms with Gasteiger partial charge in [0.05, 0.1) is 6.04 Å². The maximum absolute atomic E-state index is 12.6. The van der Waals surface area contributed by atoms with Gasteiger partial charge in [0.2, 0.25) is 11.8 Å². The Morgan fingerprint density at radius 2 is 1.93 bits per heavy atom. The first-order valence-corrected chi connectivity index (χ1v) is 10.1. The van der Waals surface area contributed by atoms with Crippen molar-refractivity contribution < 1.29 is 9.59 Å². The minimum atomic E-state index is -0.364. The van der Waals surface area contributed by atoms with E-state index in [1.54, 1.807) is 0 Å². The van der Waals surface area contributed by atoms with Gasteiger partial charge in [0.15, 0.2) is 0 Å². The van der Waals surface area contributed by atoms with Crippen molar-refractivity contribution in [1.29, 1.82) is 0 Å². The Hall–Kier alpha value is -1.92. The lowest BCUT2D eigenvalue weighted by molar-refractivity contribution is -0.135. The van der Waals surface area contributed by atoms with Gasteiger partial charge < -0.3 is 15.5 Å². The molecular weight excluding hydrogens is 340 g/mol. The van der Waals surface area contributed by atoms with Crippen LogP contribution in [0.1, 0.15) is 44.2 Å². The summed E-state index contributed by atoms with van der Waals surface area (Å²) in [5.74, 6) is 0.257. The maximum atomic E-state index is 12.6. The minimum absolute atomic E-state index is 0.0201. The van der Waals surface area contributed by atoms with E-state index >= 15 is 0 Å². The number of amides is 2. The van der Waals surface area contributed by atoms with Gasteiger partial charge in [0.25, 0.3) is 0 Å². The van der Waals surface area contributed by atoms with Gasteiger partial charge in [-0.3, -0.25) is 14.5 Å². The minimum Gasteiger partial charge on any atom is -0.354 e. The van der Waals surface area contributed by atoms with Gasteiger partial charge in [-0.1, -0.05) is 30.3 Å². The van der Waals surface area contributed by atoms with E-state index in [1.165, 1.54) is 0 Å². The third kappa shape index (κ3) is 4.68. The van der Waals surface area contributed by atoms with E-state index in [0.29, 0.717) is 6.42 Å². The summed E-state index contributed by atoms with van der Waals surface area (Å²) in [5, 5.41) is 6.15. The average Bonchev–Trinajstić information content (AvgIpc) is 2.82. The molecule has 2 aliphatic heterocycles. The first-order valence-electron chi connectivity index (χ1n) is 10.1. The quantitative estimate of drug-likeness (QED) is 0.823. The fourth-order valence-electron chi connectivity index (χ4n) is 4.22. The topological polar surface area (TPSA) is 64.7 Å². The lowest BCUT2D eigenvalue weighted by Crippen LogP contribution is -2.61. The molecule has 6 nitrogen and oxygen atoms in total. The highest BCUT2D eigenvalue weighted by Gasteiger charge is 2.45. The van der Waals surface area contributed by atoms with Crippen LogP contribution in [0.25, 0.3) is 0 Å². The number of benzene rings is 1. The summed E-state index contributed by atoms with van der Waals surface area (Å²) in [6.07, 6.45) is 3.16. The Kier molecular flexibility index (Phi) is 6.50. The number of piperidine rings is 1. The predicted octanol–water partition coefficient (Wildman–Crippen LogP) is 1.54. The van der Waals surface area contributed by atoms with Crippen LogP contribution >= 0.6 is 0 Å². The Morgan fingerprint density at radius 3 is 2.63 bits per heavy atom. The molecule has 148 valence electrons. The second-order valence-electron chi connectivity index (χ2n) is 7.85. The number of nitrogens with zero attached hydrogens (tertiary/aromatic N) is 2. The molecule has 1 atom stereocenters. The first-order chi connectivity index (χ1) is 13.0. The Balaban J connectivity index is 1.45. The van der Waals surface area contributed by atoms with Gasteiger partial charge >= 0.3 is 0 Å². The Bertz CT molecular complexity index is 641. The summed E-state index contributed by atoms with van der Waals surface area (Å²) >= 11 is 0. The summed E-state index contributed by atoms with van der Waals surface area (Å²) in [5.41, 5.74) is 0.755. The van der Waals surface area contributed by atoms with E-state index in [1.807, 2.05) is 37.3 Å². The smallest absolute Gasteiger partial charge is 0.240 e. The second kappa shape index (κ2) is 8.85. The van der Waals surface area contributed by atoms with Crippen molar-refractivity contribution in [2.24, 2.45) is 0 Å². The summed E-state index contributed by atoms with van der Waals surface area (Å²) in [4.78, 5) is 29.4. The molecule has 3 rings (SSSR count). The Morgan fingerprint density at radius 1 is 1.22 bits per heavy atom. The van der Waals surface area contributed by atoms with Crippen molar-refractivity contribution >= 4 is 11.8 Å². The van der Waals surface area contributed by atoms with Crippen LogP contribution in [0.3, 0.4) is 0 Å². The third-order valence-corrected chi connectivity index (χ3v) is 6.12. The molecule has 2 N–H and O–H groups in total. The van der Waals surface area contributed by atoms with Crippen LogP contribution in [0.2, 0.25) is 0 Å². The maximum Gasteiger partial charge on any atom is 0.240 e. The van der Waals surface area contributed by atoms with Gasteiger partial charge in [-0.25, -0.2) is 0 Å². The molecule has 2 saturated heterocycles. The van der Waals surface area contributed by atoms with Gasteiger partial charge in [-0.15, -0.1) is 0 Å². The zero-order chi connectivity index (χ0) is 19.3. The van der Waals surface area contributed by atoms with E-state index in [-0.39, 0.29) is 23.4 Å². The molecule has 1 aromatic rings. The van der Waals surface area contributed by atoms with E-state index in [0.717, 1.165) is 57.5 Å². The number of carbonyl (C=O) groups excluding carboxylic acids is 2. The molecule has 0 bridgehead atoms. The second-order valence-corrected chi connectivity index (χ2v) is 7.85. The molecule has 1 spiro atoms. The molecule has 2 amide bonds. The van der Waals surface area contributed by atoms with Crippen LogP contribution in [0.5, 0.6) is 0 Å². The largest absolute Gasteiger partial charge is 0.354 e. The zero-order valence-electron chi connectivity index (χ0n) is 16.5. The van der Waals surface area contributed by atoms with Gasteiger partial charge in [0.1, 0.15) is 5.54 Å². The number of rotatable bonds is 5. The van der Waals surface area contributed by atoms with Crippen LogP contribution in [0, 0.1) is 0 Å². The molecule has 27 heavy (non-hydrogen) atoms. The van der Waals surface area contributed by atoms with Crippen LogP contribution in [-0.2, 0) is 9.59 Å². The van der Waals surface area contributed by atoms with Gasteiger partial charge in [0, 0.05) is 39.1 Å². The van der Waals surface area contributed by atoms with E-state index in [2.05, 4.69) is 27.5 Å². The van der Waals surface area contributed by atoms with Crippen LogP contribution in [0.15, 0.2) is 30.3 Å². The average molecular weight is 373 g/mol. The molecule has 0 radical (unpaired) electrons. The number of nitrogens with one attached hydrogen (secondary N) is 2. The molecule has 6 heteroatoms. The lowest BCUT2D eigenvalue weighted by atomic mass is 9.85. The highest BCUT2D eigenvalue weighted by atomic mass is 16.2. The van der Waals surface area contributed by atoms with E-state index in [4.69, 9.17) is 0 Å². The highest BCUT2D eigenvalue weighted by molar-refractivity contribution is 5.86. The number of hydrogen-bond donors (Lipinski definition) is 2. The fourth-order valence-corrected chi connectivity index (χ4v) is 4.22. The number of likely N-dealkylation sites (tertiary alicyclic amines) is 1. The molecule has 0 aromatic heterocycles.